The van der Waals surface area contributed by atoms with Crippen molar-refractivity contribution >= 4 is 28.2 Å². The van der Waals surface area contributed by atoms with Gasteiger partial charge in [0.25, 0.3) is 5.91 Å². The van der Waals surface area contributed by atoms with E-state index in [1.165, 1.54) is 0 Å². The van der Waals surface area contributed by atoms with Gasteiger partial charge in [-0.25, -0.2) is 0 Å². The highest BCUT2D eigenvalue weighted by Crippen LogP contribution is 2.24. The zero-order valence-corrected chi connectivity index (χ0v) is 14.6. The van der Waals surface area contributed by atoms with E-state index in [0.29, 0.717) is 16.7 Å². The molecule has 130 valence electrons. The molecule has 0 spiro atoms. The van der Waals surface area contributed by atoms with Gasteiger partial charge in [-0.3, -0.25) is 9.59 Å². The number of nitrogens with one attached hydrogen (secondary N) is 1. The first kappa shape index (κ1) is 16.7. The Hall–Kier alpha value is -3.72. The highest BCUT2D eigenvalue weighted by molar-refractivity contribution is 6.18. The molecule has 0 saturated carbocycles. The minimum atomic E-state index is -0.300. The first-order valence-corrected chi connectivity index (χ1v) is 8.72. The zero-order valence-electron chi connectivity index (χ0n) is 14.6. The van der Waals surface area contributed by atoms with Gasteiger partial charge in [-0.15, -0.1) is 0 Å². The van der Waals surface area contributed by atoms with Crippen molar-refractivity contribution in [2.45, 2.75) is 0 Å². The molecule has 4 aromatic carbocycles. The topological polar surface area (TPSA) is 46.2 Å². The van der Waals surface area contributed by atoms with Gasteiger partial charge >= 0.3 is 0 Å². The fraction of sp³-hybridized carbons (Fsp3) is 0. The highest BCUT2D eigenvalue weighted by atomic mass is 16.2. The van der Waals surface area contributed by atoms with Gasteiger partial charge in [-0.2, -0.15) is 0 Å². The lowest BCUT2D eigenvalue weighted by atomic mass is 9.98. The van der Waals surface area contributed by atoms with Crippen LogP contribution in [0.4, 0.5) is 5.69 Å². The van der Waals surface area contributed by atoms with Gasteiger partial charge < -0.3 is 5.32 Å². The van der Waals surface area contributed by atoms with Crippen LogP contribution in [-0.2, 0) is 0 Å². The summed E-state index contributed by atoms with van der Waals surface area (Å²) < 4.78 is 0. The number of carbonyl (C=O) groups is 2. The average molecular weight is 351 g/mol. The van der Waals surface area contributed by atoms with Gasteiger partial charge in [0.2, 0.25) is 0 Å². The normalized spacial score (nSPS) is 10.5. The second-order valence-corrected chi connectivity index (χ2v) is 6.22. The number of ketones is 1. The van der Waals surface area contributed by atoms with Gasteiger partial charge in [-0.1, -0.05) is 84.9 Å². The molecule has 0 fully saturated rings. The number of anilines is 1. The fourth-order valence-electron chi connectivity index (χ4n) is 3.15. The number of fused-ring (bicyclic) bond motifs is 1. The van der Waals surface area contributed by atoms with Gasteiger partial charge in [0.1, 0.15) is 0 Å². The van der Waals surface area contributed by atoms with Crippen molar-refractivity contribution in [1.29, 1.82) is 0 Å². The molecule has 0 aliphatic heterocycles. The van der Waals surface area contributed by atoms with Crippen LogP contribution in [0.3, 0.4) is 0 Å². The van der Waals surface area contributed by atoms with E-state index in [9.17, 15) is 9.59 Å². The monoisotopic (exact) mass is 351 g/mol. The average Bonchev–Trinajstić information content (AvgIpc) is 2.74. The molecule has 0 aromatic heterocycles. The molecule has 0 bridgehead atoms. The number of hydrogen-bond donors (Lipinski definition) is 1. The molecule has 0 unspecified atom stereocenters. The Morgan fingerprint density at radius 1 is 0.593 bits per heavy atom. The molecule has 4 aromatic rings. The fourth-order valence-corrected chi connectivity index (χ4v) is 3.15. The third kappa shape index (κ3) is 3.35. The van der Waals surface area contributed by atoms with Crippen molar-refractivity contribution in [3.63, 3.8) is 0 Å². The Balaban J connectivity index is 1.70. The molecule has 1 N–H and O–H groups in total. The Kier molecular flexibility index (Phi) is 4.50. The van der Waals surface area contributed by atoms with Crippen LogP contribution in [0.2, 0.25) is 0 Å². The summed E-state index contributed by atoms with van der Waals surface area (Å²) in [5, 5.41) is 4.96. The van der Waals surface area contributed by atoms with Crippen molar-refractivity contribution < 1.29 is 9.59 Å². The van der Waals surface area contributed by atoms with Crippen LogP contribution in [0.1, 0.15) is 26.3 Å². The highest BCUT2D eigenvalue weighted by Gasteiger charge is 2.18. The largest absolute Gasteiger partial charge is 0.321 e. The SMILES string of the molecule is O=C(Nc1cccc2ccccc12)c1ccccc1C(=O)c1ccccc1. The minimum absolute atomic E-state index is 0.167. The number of carbonyl (C=O) groups excluding carboxylic acids is 2. The van der Waals surface area contributed by atoms with Gasteiger partial charge in [0, 0.05) is 22.2 Å². The molecule has 4 rings (SSSR count). The molecular weight excluding hydrogens is 334 g/mol. The van der Waals surface area contributed by atoms with E-state index in [-0.39, 0.29) is 11.7 Å². The Morgan fingerprint density at radius 2 is 1.22 bits per heavy atom. The summed E-state index contributed by atoms with van der Waals surface area (Å²) in [6, 6.07) is 29.5. The van der Waals surface area contributed by atoms with E-state index in [1.54, 1.807) is 36.4 Å². The van der Waals surface area contributed by atoms with Crippen LogP contribution in [0.15, 0.2) is 97.1 Å². The van der Waals surface area contributed by atoms with Crippen molar-refractivity contribution in [2.75, 3.05) is 5.32 Å². The van der Waals surface area contributed by atoms with Crippen LogP contribution in [-0.4, -0.2) is 11.7 Å². The molecule has 0 heterocycles. The Labute approximate surface area is 157 Å². The molecule has 0 aliphatic rings. The van der Waals surface area contributed by atoms with E-state index in [4.69, 9.17) is 0 Å². The first-order chi connectivity index (χ1) is 13.2. The summed E-state index contributed by atoms with van der Waals surface area (Å²) in [6.45, 7) is 0. The molecule has 0 saturated heterocycles. The maximum Gasteiger partial charge on any atom is 0.256 e. The molecular formula is C24H17NO2. The van der Waals surface area contributed by atoms with Crippen molar-refractivity contribution in [2.24, 2.45) is 0 Å². The van der Waals surface area contributed by atoms with Crippen LogP contribution < -0.4 is 5.32 Å². The number of hydrogen-bond acceptors (Lipinski definition) is 2. The van der Waals surface area contributed by atoms with Crippen LogP contribution in [0.25, 0.3) is 10.8 Å². The molecule has 27 heavy (non-hydrogen) atoms. The third-order valence-corrected chi connectivity index (χ3v) is 4.49. The zero-order chi connectivity index (χ0) is 18.6. The van der Waals surface area contributed by atoms with E-state index >= 15 is 0 Å². The predicted molar refractivity (Wildman–Crippen MR) is 108 cm³/mol. The van der Waals surface area contributed by atoms with E-state index in [0.717, 1.165) is 16.5 Å². The summed E-state index contributed by atoms with van der Waals surface area (Å²) >= 11 is 0. The van der Waals surface area contributed by atoms with Gasteiger partial charge in [0.15, 0.2) is 5.78 Å². The molecule has 0 radical (unpaired) electrons. The summed E-state index contributed by atoms with van der Waals surface area (Å²) in [6.07, 6.45) is 0. The molecule has 0 aliphatic carbocycles. The van der Waals surface area contributed by atoms with Crippen molar-refractivity contribution in [1.82, 2.24) is 0 Å². The van der Waals surface area contributed by atoms with Crippen molar-refractivity contribution in [3.05, 3.63) is 114 Å². The number of rotatable bonds is 4. The lowest BCUT2D eigenvalue weighted by Crippen LogP contribution is -2.17. The second kappa shape index (κ2) is 7.26. The van der Waals surface area contributed by atoms with E-state index < -0.39 is 0 Å². The standard InChI is InChI=1S/C24H17NO2/c26-23(18-10-2-1-3-11-18)20-14-6-7-15-21(20)24(27)25-22-16-8-12-17-9-4-5-13-19(17)22/h1-16H,(H,25,27). The lowest BCUT2D eigenvalue weighted by molar-refractivity contribution is 0.0996. The molecule has 0 atom stereocenters. The Morgan fingerprint density at radius 3 is 2.04 bits per heavy atom. The summed E-state index contributed by atoms with van der Waals surface area (Å²) in [5.41, 5.74) is 2.03. The minimum Gasteiger partial charge on any atom is -0.321 e. The Bertz CT molecular complexity index is 1130. The van der Waals surface area contributed by atoms with Gasteiger partial charge in [-0.05, 0) is 17.5 Å². The quantitative estimate of drug-likeness (QED) is 0.506. The van der Waals surface area contributed by atoms with Crippen LogP contribution >= 0.6 is 0 Å². The van der Waals surface area contributed by atoms with E-state index in [2.05, 4.69) is 5.32 Å². The summed E-state index contributed by atoms with van der Waals surface area (Å²) in [4.78, 5) is 25.8. The molecule has 1 amide bonds. The van der Waals surface area contributed by atoms with Crippen molar-refractivity contribution in [3.8, 4) is 0 Å². The molecule has 3 nitrogen and oxygen atoms in total. The maximum absolute atomic E-state index is 13.0. The smallest absolute Gasteiger partial charge is 0.256 e. The molecule has 3 heteroatoms. The summed E-state index contributed by atoms with van der Waals surface area (Å²) in [7, 11) is 0. The summed E-state index contributed by atoms with van der Waals surface area (Å²) in [5.74, 6) is -0.467. The maximum atomic E-state index is 13.0. The third-order valence-electron chi connectivity index (χ3n) is 4.49. The second-order valence-electron chi connectivity index (χ2n) is 6.22. The van der Waals surface area contributed by atoms with Crippen LogP contribution in [0.5, 0.6) is 0 Å². The van der Waals surface area contributed by atoms with Gasteiger partial charge in [0.05, 0.1) is 5.56 Å². The predicted octanol–water partition coefficient (Wildman–Crippen LogP) is 5.32. The van der Waals surface area contributed by atoms with E-state index in [1.807, 2.05) is 60.7 Å². The number of amides is 1. The van der Waals surface area contributed by atoms with Crippen LogP contribution in [0, 0.1) is 0 Å². The first-order valence-electron chi connectivity index (χ1n) is 8.72. The lowest BCUT2D eigenvalue weighted by Gasteiger charge is -2.11. The number of benzene rings is 4.